The van der Waals surface area contributed by atoms with Crippen LogP contribution >= 0.6 is 0 Å². The molecule has 1 aliphatic carbocycles. The Morgan fingerprint density at radius 1 is 0.946 bits per heavy atom. The van der Waals surface area contributed by atoms with Gasteiger partial charge in [0.1, 0.15) is 0 Å². The van der Waals surface area contributed by atoms with Crippen LogP contribution in [0.2, 0.25) is 0 Å². The van der Waals surface area contributed by atoms with Gasteiger partial charge < -0.3 is 20.4 Å². The largest absolute Gasteiger partial charge is 0.356 e. The number of amides is 2. The maximum Gasteiger partial charge on any atom is 0.228 e. The van der Waals surface area contributed by atoms with Crippen LogP contribution in [0.5, 0.6) is 0 Å². The Morgan fingerprint density at radius 2 is 1.73 bits per heavy atom. The van der Waals surface area contributed by atoms with Crippen molar-refractivity contribution in [2.45, 2.75) is 57.4 Å². The quantitative estimate of drug-likeness (QED) is 0.546. The van der Waals surface area contributed by atoms with Gasteiger partial charge in [-0.05, 0) is 93.8 Å². The molecule has 0 bridgehead atoms. The monoisotopic (exact) mass is 502 g/mol. The minimum atomic E-state index is -0.200. The highest BCUT2D eigenvalue weighted by molar-refractivity contribution is 5.93. The first-order valence-corrected chi connectivity index (χ1v) is 14.2. The molecule has 2 aromatic rings. The minimum Gasteiger partial charge on any atom is -0.356 e. The molecule has 0 aromatic heterocycles. The smallest absolute Gasteiger partial charge is 0.228 e. The van der Waals surface area contributed by atoms with Gasteiger partial charge in [-0.1, -0.05) is 36.4 Å². The predicted octanol–water partition coefficient (Wildman–Crippen LogP) is 3.90. The van der Waals surface area contributed by atoms with Gasteiger partial charge in [0.2, 0.25) is 11.8 Å². The van der Waals surface area contributed by atoms with E-state index in [1.807, 2.05) is 12.1 Å². The van der Waals surface area contributed by atoms with Gasteiger partial charge >= 0.3 is 0 Å². The molecule has 2 amide bonds. The maximum absolute atomic E-state index is 13.4. The molecule has 6 heteroatoms. The van der Waals surface area contributed by atoms with E-state index in [4.69, 9.17) is 0 Å². The lowest BCUT2D eigenvalue weighted by molar-refractivity contribution is -0.130. The van der Waals surface area contributed by atoms with E-state index >= 15 is 0 Å². The summed E-state index contributed by atoms with van der Waals surface area (Å²) in [6.07, 6.45) is 8.40. The maximum atomic E-state index is 13.4. The van der Waals surface area contributed by atoms with Crippen LogP contribution in [0.1, 0.15) is 48.8 Å². The molecule has 2 fully saturated rings. The molecular formula is C31H42N4O2. The highest BCUT2D eigenvalue weighted by Gasteiger charge is 2.35. The van der Waals surface area contributed by atoms with Gasteiger partial charge in [0.15, 0.2) is 0 Å². The predicted molar refractivity (Wildman–Crippen MR) is 149 cm³/mol. The summed E-state index contributed by atoms with van der Waals surface area (Å²) in [6, 6.07) is 17.4. The number of carbonyl (C=O) groups excluding carboxylic acids is 2. The third-order valence-electron chi connectivity index (χ3n) is 8.64. The zero-order chi connectivity index (χ0) is 25.6. The lowest BCUT2D eigenvalue weighted by Gasteiger charge is -2.36. The first kappa shape index (κ1) is 25.9. The number of rotatable bonds is 9. The van der Waals surface area contributed by atoms with E-state index in [-0.39, 0.29) is 23.7 Å². The van der Waals surface area contributed by atoms with Crippen molar-refractivity contribution in [3.05, 3.63) is 65.2 Å². The Balaban J connectivity index is 1.21. The number of hydrogen-bond donors (Lipinski definition) is 2. The van der Waals surface area contributed by atoms with Crippen LogP contribution < -0.4 is 10.6 Å². The molecular weight excluding hydrogens is 460 g/mol. The Kier molecular flexibility index (Phi) is 8.57. The van der Waals surface area contributed by atoms with Crippen LogP contribution in [-0.4, -0.2) is 67.4 Å². The van der Waals surface area contributed by atoms with E-state index in [2.05, 4.69) is 63.9 Å². The number of fused-ring (bicyclic) bond motifs is 1. The van der Waals surface area contributed by atoms with Crippen molar-refractivity contribution in [1.82, 2.24) is 15.1 Å². The van der Waals surface area contributed by atoms with Crippen LogP contribution in [0.15, 0.2) is 48.5 Å². The lowest BCUT2D eigenvalue weighted by Crippen LogP contribution is -2.50. The second-order valence-electron chi connectivity index (χ2n) is 11.3. The van der Waals surface area contributed by atoms with Gasteiger partial charge in [0, 0.05) is 37.9 Å². The second kappa shape index (κ2) is 12.2. The Labute approximate surface area is 221 Å². The molecule has 3 atom stereocenters. The number of nitrogens with zero attached hydrogens (tertiary/aromatic N) is 2. The molecule has 5 rings (SSSR count). The third kappa shape index (κ3) is 6.79. The SMILES string of the molecule is CN1CCCC1CCNC(=O)[C@H]1C[C@@H](C(=O)Nc2ccc3c(c2)CCC3)CN(CCc2ccccc2)C1. The van der Waals surface area contributed by atoms with Crippen LogP contribution in [-0.2, 0) is 28.9 Å². The summed E-state index contributed by atoms with van der Waals surface area (Å²) in [6.45, 7) is 4.12. The summed E-state index contributed by atoms with van der Waals surface area (Å²) >= 11 is 0. The van der Waals surface area contributed by atoms with Gasteiger partial charge in [-0.3, -0.25) is 9.59 Å². The van der Waals surface area contributed by atoms with E-state index in [1.165, 1.54) is 36.0 Å². The molecule has 1 unspecified atom stereocenters. The number of hydrogen-bond acceptors (Lipinski definition) is 4. The number of anilines is 1. The first-order chi connectivity index (χ1) is 18.0. The number of benzene rings is 2. The fraction of sp³-hybridized carbons (Fsp3) is 0.548. The highest BCUT2D eigenvalue weighted by atomic mass is 16.2. The van der Waals surface area contributed by atoms with Crippen molar-refractivity contribution in [3.8, 4) is 0 Å². The fourth-order valence-electron chi connectivity index (χ4n) is 6.43. The number of nitrogens with one attached hydrogen (secondary N) is 2. The van der Waals surface area contributed by atoms with Crippen molar-refractivity contribution in [3.63, 3.8) is 0 Å². The lowest BCUT2D eigenvalue weighted by atomic mass is 9.87. The summed E-state index contributed by atoms with van der Waals surface area (Å²) in [5.74, 6) is -0.232. The van der Waals surface area contributed by atoms with E-state index < -0.39 is 0 Å². The van der Waals surface area contributed by atoms with Crippen molar-refractivity contribution < 1.29 is 9.59 Å². The highest BCUT2D eigenvalue weighted by Crippen LogP contribution is 2.27. The average Bonchev–Trinajstić information content (AvgIpc) is 3.56. The molecule has 6 nitrogen and oxygen atoms in total. The van der Waals surface area contributed by atoms with Gasteiger partial charge in [0.05, 0.1) is 11.8 Å². The van der Waals surface area contributed by atoms with E-state index in [0.717, 1.165) is 44.5 Å². The standard InChI is InChI=1S/C31H42N4O2/c1-34-17-6-11-29(34)14-16-32-30(36)26-19-27(22-35(21-26)18-15-23-7-3-2-4-8-23)31(37)33-28-13-12-24-9-5-10-25(24)20-28/h2-4,7-8,12-13,20,26-27,29H,5-6,9-11,14-19,21-22H2,1H3,(H,32,36)(H,33,37)/t26-,27+,29?/m0/s1. The van der Waals surface area contributed by atoms with E-state index in [0.29, 0.717) is 32.1 Å². The summed E-state index contributed by atoms with van der Waals surface area (Å²) in [5.41, 5.74) is 4.93. The number of piperidine rings is 1. The zero-order valence-electron chi connectivity index (χ0n) is 22.3. The molecule has 198 valence electrons. The van der Waals surface area contributed by atoms with E-state index in [1.54, 1.807) is 0 Å². The molecule has 37 heavy (non-hydrogen) atoms. The fourth-order valence-corrected chi connectivity index (χ4v) is 6.43. The average molecular weight is 503 g/mol. The van der Waals surface area contributed by atoms with Crippen LogP contribution in [0.25, 0.3) is 0 Å². The molecule has 2 N–H and O–H groups in total. The minimum absolute atomic E-state index is 0.0349. The molecule has 0 saturated carbocycles. The van der Waals surface area contributed by atoms with Gasteiger partial charge in [-0.25, -0.2) is 0 Å². The first-order valence-electron chi connectivity index (χ1n) is 14.2. The number of aryl methyl sites for hydroxylation is 2. The molecule has 0 radical (unpaired) electrons. The molecule has 0 spiro atoms. The third-order valence-corrected chi connectivity index (χ3v) is 8.64. The Hall–Kier alpha value is -2.70. The Morgan fingerprint density at radius 3 is 2.51 bits per heavy atom. The number of likely N-dealkylation sites (tertiary alicyclic amines) is 2. The van der Waals surface area contributed by atoms with Crippen LogP contribution in [0.3, 0.4) is 0 Å². The number of carbonyl (C=O) groups is 2. The van der Waals surface area contributed by atoms with Gasteiger partial charge in [0.25, 0.3) is 0 Å². The molecule has 3 aliphatic rings. The van der Waals surface area contributed by atoms with Crippen LogP contribution in [0, 0.1) is 11.8 Å². The Bertz CT molecular complexity index is 1070. The molecule has 2 heterocycles. The van der Waals surface area contributed by atoms with Gasteiger partial charge in [-0.15, -0.1) is 0 Å². The topological polar surface area (TPSA) is 64.7 Å². The van der Waals surface area contributed by atoms with Gasteiger partial charge in [-0.2, -0.15) is 0 Å². The molecule has 2 saturated heterocycles. The van der Waals surface area contributed by atoms with Crippen molar-refractivity contribution in [2.24, 2.45) is 11.8 Å². The van der Waals surface area contributed by atoms with Crippen molar-refractivity contribution in [2.75, 3.05) is 45.1 Å². The molecule has 2 aromatic carbocycles. The van der Waals surface area contributed by atoms with Crippen LogP contribution in [0.4, 0.5) is 5.69 Å². The summed E-state index contributed by atoms with van der Waals surface area (Å²) in [7, 11) is 2.18. The van der Waals surface area contributed by atoms with Crippen molar-refractivity contribution >= 4 is 17.5 Å². The van der Waals surface area contributed by atoms with Crippen molar-refractivity contribution in [1.29, 1.82) is 0 Å². The van der Waals surface area contributed by atoms with E-state index in [9.17, 15) is 9.59 Å². The normalized spacial score (nSPS) is 24.1. The summed E-state index contributed by atoms with van der Waals surface area (Å²) in [4.78, 5) is 31.4. The summed E-state index contributed by atoms with van der Waals surface area (Å²) < 4.78 is 0. The second-order valence-corrected chi connectivity index (χ2v) is 11.3. The molecule has 2 aliphatic heterocycles. The zero-order valence-corrected chi connectivity index (χ0v) is 22.3. The summed E-state index contributed by atoms with van der Waals surface area (Å²) in [5, 5.41) is 6.39.